The normalized spacial score (nSPS) is 15.7. The third-order valence-electron chi connectivity index (χ3n) is 6.05. The van der Waals surface area contributed by atoms with Crippen molar-refractivity contribution in [3.8, 4) is 17.1 Å². The molecule has 0 radical (unpaired) electrons. The van der Waals surface area contributed by atoms with Gasteiger partial charge in [0.05, 0.1) is 25.3 Å². The first-order chi connectivity index (χ1) is 17.4. The highest BCUT2D eigenvalue weighted by Gasteiger charge is 2.35. The Hall–Kier alpha value is -4.53. The Morgan fingerprint density at radius 3 is 2.50 bits per heavy atom. The van der Waals surface area contributed by atoms with Gasteiger partial charge in [0, 0.05) is 11.3 Å². The van der Waals surface area contributed by atoms with Crippen LogP contribution in [0.1, 0.15) is 30.0 Å². The van der Waals surface area contributed by atoms with Crippen molar-refractivity contribution in [2.75, 3.05) is 7.11 Å². The Morgan fingerprint density at radius 1 is 1.06 bits per heavy atom. The summed E-state index contributed by atoms with van der Waals surface area (Å²) in [7, 11) is 1.38. The third kappa shape index (κ3) is 4.43. The van der Waals surface area contributed by atoms with E-state index in [4.69, 9.17) is 9.26 Å². The van der Waals surface area contributed by atoms with Crippen LogP contribution in [0.5, 0.6) is 5.75 Å². The molecule has 5 rings (SSSR count). The lowest BCUT2D eigenvalue weighted by molar-refractivity contribution is 0.203. The number of hydrogen-bond acceptors (Lipinski definition) is 5. The predicted octanol–water partition coefficient (Wildman–Crippen LogP) is 5.72. The number of allylic oxidation sites excluding steroid dienone is 1. The number of carbonyl (C=O) groups is 1. The Balaban J connectivity index is 1.58. The fourth-order valence-electron chi connectivity index (χ4n) is 4.18. The lowest BCUT2D eigenvalue weighted by Gasteiger charge is -2.35. The zero-order valence-corrected chi connectivity index (χ0v) is 19.5. The molecule has 0 bridgehead atoms. The number of aromatic nitrogens is 2. The number of benzene rings is 3. The maximum Gasteiger partial charge on any atom is 0.322 e. The predicted molar refractivity (Wildman–Crippen MR) is 128 cm³/mol. The first kappa shape index (κ1) is 23.2. The van der Waals surface area contributed by atoms with Crippen molar-refractivity contribution in [1.29, 1.82) is 0 Å². The molecule has 0 fully saturated rings. The molecular formula is C27H22F2N4O3. The van der Waals surface area contributed by atoms with Gasteiger partial charge in [0.2, 0.25) is 5.82 Å². The smallest absolute Gasteiger partial charge is 0.322 e. The average Bonchev–Trinajstić information content (AvgIpc) is 3.37. The molecule has 0 saturated carbocycles. The number of amides is 2. The summed E-state index contributed by atoms with van der Waals surface area (Å²) in [6.07, 6.45) is 0. The van der Waals surface area contributed by atoms with E-state index in [0.29, 0.717) is 28.9 Å². The minimum absolute atomic E-state index is 0.101. The van der Waals surface area contributed by atoms with Crippen molar-refractivity contribution in [3.63, 3.8) is 0 Å². The molecule has 2 heterocycles. The molecule has 9 heteroatoms. The van der Waals surface area contributed by atoms with E-state index in [1.54, 1.807) is 30.0 Å². The van der Waals surface area contributed by atoms with Crippen molar-refractivity contribution < 1.29 is 22.8 Å². The van der Waals surface area contributed by atoms with Gasteiger partial charge in [-0.1, -0.05) is 47.6 Å². The van der Waals surface area contributed by atoms with Crippen LogP contribution < -0.4 is 10.1 Å². The highest BCUT2D eigenvalue weighted by atomic mass is 19.1. The Morgan fingerprint density at radius 2 is 1.81 bits per heavy atom. The monoisotopic (exact) mass is 488 g/mol. The van der Waals surface area contributed by atoms with E-state index in [2.05, 4.69) is 15.5 Å². The topological polar surface area (TPSA) is 80.5 Å². The van der Waals surface area contributed by atoms with Gasteiger partial charge in [-0.3, -0.25) is 4.90 Å². The van der Waals surface area contributed by atoms with Crippen LogP contribution in [0.3, 0.4) is 0 Å². The molecule has 182 valence electrons. The quantitative estimate of drug-likeness (QED) is 0.375. The Kier molecular flexibility index (Phi) is 6.20. The number of nitrogens with one attached hydrogen (secondary N) is 1. The van der Waals surface area contributed by atoms with E-state index >= 15 is 0 Å². The van der Waals surface area contributed by atoms with E-state index < -0.39 is 17.7 Å². The Labute approximate surface area is 206 Å². The van der Waals surface area contributed by atoms with Crippen molar-refractivity contribution in [2.45, 2.75) is 19.5 Å². The van der Waals surface area contributed by atoms with Crippen LogP contribution in [0.15, 0.2) is 83.0 Å². The molecule has 0 saturated heterocycles. The number of carbonyl (C=O) groups excluding carboxylic acids is 1. The molecule has 1 aliphatic heterocycles. The number of ether oxygens (including phenoxy) is 1. The lowest BCUT2D eigenvalue weighted by Crippen LogP contribution is -2.45. The summed E-state index contributed by atoms with van der Waals surface area (Å²) < 4.78 is 38.5. The number of urea groups is 1. The van der Waals surface area contributed by atoms with Gasteiger partial charge < -0.3 is 14.6 Å². The fraction of sp³-hybridized carbons (Fsp3) is 0.148. The molecule has 2 amide bonds. The molecule has 1 unspecified atom stereocenters. The zero-order valence-electron chi connectivity index (χ0n) is 19.5. The second kappa shape index (κ2) is 9.61. The van der Waals surface area contributed by atoms with E-state index in [9.17, 15) is 13.6 Å². The van der Waals surface area contributed by atoms with Crippen molar-refractivity contribution in [2.24, 2.45) is 0 Å². The third-order valence-corrected chi connectivity index (χ3v) is 6.05. The van der Waals surface area contributed by atoms with Gasteiger partial charge in [-0.05, 0) is 48.4 Å². The molecule has 0 aliphatic carbocycles. The van der Waals surface area contributed by atoms with E-state index in [-0.39, 0.29) is 23.5 Å². The molecule has 1 aromatic heterocycles. The average molecular weight is 488 g/mol. The summed E-state index contributed by atoms with van der Waals surface area (Å²) in [6.45, 7) is 2.12. The van der Waals surface area contributed by atoms with Crippen LogP contribution in [0.4, 0.5) is 13.6 Å². The summed E-state index contributed by atoms with van der Waals surface area (Å²) in [5.74, 6) is -0.512. The van der Waals surface area contributed by atoms with Crippen LogP contribution in [-0.2, 0) is 6.54 Å². The van der Waals surface area contributed by atoms with Gasteiger partial charge >= 0.3 is 6.03 Å². The standard InChI is InChI=1S/C27H22F2N4O3/c1-16-23(26-31-25(32-36-26)19-10-13-22(35-2)21(29)14-19)24(18-8-11-20(28)12-9-18)30-27(34)33(16)15-17-6-4-3-5-7-17/h3-14,24H,15H2,1-2H3,(H,30,34). The molecule has 36 heavy (non-hydrogen) atoms. The fourth-order valence-corrected chi connectivity index (χ4v) is 4.18. The number of halogens is 2. The molecule has 1 atom stereocenters. The highest BCUT2D eigenvalue weighted by molar-refractivity contribution is 5.86. The summed E-state index contributed by atoms with van der Waals surface area (Å²) in [4.78, 5) is 19.2. The van der Waals surface area contributed by atoms with E-state index in [0.717, 1.165) is 5.56 Å². The summed E-state index contributed by atoms with van der Waals surface area (Å²) in [6, 6.07) is 18.8. The largest absolute Gasteiger partial charge is 0.494 e. The van der Waals surface area contributed by atoms with Crippen LogP contribution in [-0.4, -0.2) is 28.2 Å². The highest BCUT2D eigenvalue weighted by Crippen LogP contribution is 2.38. The maximum absolute atomic E-state index is 14.3. The van der Waals surface area contributed by atoms with Crippen molar-refractivity contribution in [3.05, 3.63) is 107 Å². The minimum atomic E-state index is -0.661. The van der Waals surface area contributed by atoms with Crippen molar-refractivity contribution >= 4 is 11.6 Å². The minimum Gasteiger partial charge on any atom is -0.494 e. The van der Waals surface area contributed by atoms with Crippen molar-refractivity contribution in [1.82, 2.24) is 20.4 Å². The van der Waals surface area contributed by atoms with Gasteiger partial charge in [0.1, 0.15) is 5.82 Å². The molecular weight excluding hydrogens is 466 g/mol. The summed E-state index contributed by atoms with van der Waals surface area (Å²) in [5, 5.41) is 7.02. The van der Waals surface area contributed by atoms with E-state index in [1.165, 1.54) is 31.4 Å². The van der Waals surface area contributed by atoms with Gasteiger partial charge in [-0.2, -0.15) is 4.98 Å². The summed E-state index contributed by atoms with van der Waals surface area (Å²) >= 11 is 0. The number of hydrogen-bond donors (Lipinski definition) is 1. The Bertz CT molecular complexity index is 1440. The zero-order chi connectivity index (χ0) is 25.2. The number of rotatable bonds is 6. The number of methoxy groups -OCH3 is 1. The summed E-state index contributed by atoms with van der Waals surface area (Å²) in [5.41, 5.74) is 3.15. The molecule has 1 aliphatic rings. The van der Waals surface area contributed by atoms with Crippen LogP contribution in [0, 0.1) is 11.6 Å². The first-order valence-electron chi connectivity index (χ1n) is 11.2. The molecule has 3 aromatic carbocycles. The molecule has 7 nitrogen and oxygen atoms in total. The SMILES string of the molecule is COc1ccc(-c2noc(C3=C(C)N(Cc4ccccc4)C(=O)NC3c3ccc(F)cc3)n2)cc1F. The van der Waals surface area contributed by atoms with Crippen LogP contribution >= 0.6 is 0 Å². The second-order valence-electron chi connectivity index (χ2n) is 8.28. The van der Waals surface area contributed by atoms with Gasteiger partial charge in [-0.25, -0.2) is 13.6 Å². The van der Waals surface area contributed by atoms with Crippen LogP contribution in [0.2, 0.25) is 0 Å². The van der Waals surface area contributed by atoms with Gasteiger partial charge in [0.15, 0.2) is 11.6 Å². The lowest BCUT2D eigenvalue weighted by atomic mass is 9.94. The molecule has 1 N–H and O–H groups in total. The number of nitrogens with zero attached hydrogens (tertiary/aromatic N) is 3. The second-order valence-corrected chi connectivity index (χ2v) is 8.28. The first-order valence-corrected chi connectivity index (χ1v) is 11.2. The van der Waals surface area contributed by atoms with Crippen LogP contribution in [0.25, 0.3) is 17.0 Å². The maximum atomic E-state index is 14.3. The van der Waals surface area contributed by atoms with E-state index in [1.807, 2.05) is 30.3 Å². The molecule has 0 spiro atoms. The van der Waals surface area contributed by atoms with Gasteiger partial charge in [0.25, 0.3) is 5.89 Å². The van der Waals surface area contributed by atoms with Gasteiger partial charge in [-0.15, -0.1) is 0 Å². The molecule has 4 aromatic rings.